The van der Waals surface area contributed by atoms with Crippen molar-refractivity contribution in [2.45, 2.75) is 46.1 Å². The third kappa shape index (κ3) is 4.37. The molecule has 0 spiro atoms. The number of fused-ring (bicyclic) bond motifs is 1. The number of nitrogens with one attached hydrogen (secondary N) is 2. The predicted molar refractivity (Wildman–Crippen MR) is 133 cm³/mol. The molecule has 0 bridgehead atoms. The number of rotatable bonds is 5. The number of hydrogen-bond donors (Lipinski definition) is 2. The van der Waals surface area contributed by atoms with Crippen LogP contribution in [0, 0.1) is 0 Å². The van der Waals surface area contributed by atoms with Gasteiger partial charge in [0.2, 0.25) is 5.95 Å². The van der Waals surface area contributed by atoms with E-state index in [2.05, 4.69) is 62.0 Å². The zero-order chi connectivity index (χ0) is 22.9. The van der Waals surface area contributed by atoms with Crippen LogP contribution in [-0.2, 0) is 5.41 Å². The number of anilines is 3. The van der Waals surface area contributed by atoms with Gasteiger partial charge in [-0.3, -0.25) is 4.79 Å². The van der Waals surface area contributed by atoms with E-state index < -0.39 is 0 Å². The van der Waals surface area contributed by atoms with Gasteiger partial charge in [-0.05, 0) is 67.3 Å². The molecule has 0 aliphatic rings. The highest BCUT2D eigenvalue weighted by atomic mass is 16.1. The van der Waals surface area contributed by atoms with Crippen LogP contribution in [0.2, 0.25) is 0 Å². The largest absolute Gasteiger partial charge is 0.326 e. The van der Waals surface area contributed by atoms with E-state index in [-0.39, 0.29) is 17.4 Å². The quantitative estimate of drug-likeness (QED) is 0.364. The Balaban J connectivity index is 1.54. The summed E-state index contributed by atoms with van der Waals surface area (Å²) in [6.07, 6.45) is 0. The van der Waals surface area contributed by atoms with Crippen LogP contribution < -0.4 is 10.6 Å². The number of aromatic nitrogens is 2. The molecule has 1 heterocycles. The lowest BCUT2D eigenvalue weighted by molar-refractivity contribution is 0.102. The van der Waals surface area contributed by atoms with E-state index >= 15 is 0 Å². The summed E-state index contributed by atoms with van der Waals surface area (Å²) >= 11 is 0. The molecule has 0 radical (unpaired) electrons. The van der Waals surface area contributed by atoms with Crippen LogP contribution in [0.1, 0.15) is 56.6 Å². The SMILES string of the molecule is CC(C)n1c(Nc2ccc(C(=O)Nc3ccccc3C(C)(C)C)cc2)nc2ccccc21. The lowest BCUT2D eigenvalue weighted by atomic mass is 9.86. The summed E-state index contributed by atoms with van der Waals surface area (Å²) in [5, 5.41) is 6.48. The molecule has 0 unspecified atom stereocenters. The van der Waals surface area contributed by atoms with Crippen LogP contribution in [-0.4, -0.2) is 15.5 Å². The maximum Gasteiger partial charge on any atom is 0.255 e. The van der Waals surface area contributed by atoms with Gasteiger partial charge in [0, 0.05) is 23.0 Å². The Morgan fingerprint density at radius 2 is 1.56 bits per heavy atom. The average Bonchev–Trinajstić information content (AvgIpc) is 3.12. The molecule has 4 aromatic rings. The number of carbonyl (C=O) groups excluding carboxylic acids is 1. The summed E-state index contributed by atoms with van der Waals surface area (Å²) in [4.78, 5) is 17.6. The molecule has 0 saturated heterocycles. The summed E-state index contributed by atoms with van der Waals surface area (Å²) in [6.45, 7) is 10.7. The minimum absolute atomic E-state index is 0.0560. The highest BCUT2D eigenvalue weighted by Crippen LogP contribution is 2.30. The van der Waals surface area contributed by atoms with E-state index in [1.165, 1.54) is 0 Å². The maximum absolute atomic E-state index is 12.9. The van der Waals surface area contributed by atoms with Crippen molar-refractivity contribution < 1.29 is 4.79 Å². The second kappa shape index (κ2) is 8.50. The second-order valence-corrected chi connectivity index (χ2v) is 9.34. The van der Waals surface area contributed by atoms with Crippen LogP contribution in [0.5, 0.6) is 0 Å². The van der Waals surface area contributed by atoms with Crippen molar-refractivity contribution in [2.24, 2.45) is 0 Å². The van der Waals surface area contributed by atoms with Gasteiger partial charge < -0.3 is 15.2 Å². The molecular formula is C27H30N4O. The molecular weight excluding hydrogens is 396 g/mol. The Morgan fingerprint density at radius 3 is 2.25 bits per heavy atom. The first kappa shape index (κ1) is 21.6. The first-order valence-corrected chi connectivity index (χ1v) is 11.0. The number of carbonyl (C=O) groups is 1. The van der Waals surface area contributed by atoms with E-state index in [0.29, 0.717) is 5.56 Å². The topological polar surface area (TPSA) is 59.0 Å². The Labute approximate surface area is 189 Å². The Morgan fingerprint density at radius 1 is 0.906 bits per heavy atom. The highest BCUT2D eigenvalue weighted by Gasteiger charge is 2.19. The summed E-state index contributed by atoms with van der Waals surface area (Å²) in [6, 6.07) is 23.8. The molecule has 1 aromatic heterocycles. The van der Waals surface area contributed by atoms with Crippen LogP contribution in [0.15, 0.2) is 72.8 Å². The molecule has 32 heavy (non-hydrogen) atoms. The smallest absolute Gasteiger partial charge is 0.255 e. The first-order chi connectivity index (χ1) is 15.2. The monoisotopic (exact) mass is 426 g/mol. The van der Waals surface area contributed by atoms with Crippen LogP contribution in [0.4, 0.5) is 17.3 Å². The first-order valence-electron chi connectivity index (χ1n) is 11.0. The summed E-state index contributed by atoms with van der Waals surface area (Å²) < 4.78 is 2.18. The average molecular weight is 427 g/mol. The van der Waals surface area contributed by atoms with Crippen LogP contribution in [0.3, 0.4) is 0 Å². The molecule has 2 N–H and O–H groups in total. The lowest BCUT2D eigenvalue weighted by Crippen LogP contribution is -2.18. The van der Waals surface area contributed by atoms with Crippen molar-refractivity contribution in [1.29, 1.82) is 0 Å². The summed E-state index contributed by atoms with van der Waals surface area (Å²) in [5.74, 6) is 0.667. The lowest BCUT2D eigenvalue weighted by Gasteiger charge is -2.23. The van der Waals surface area contributed by atoms with Crippen molar-refractivity contribution in [3.05, 3.63) is 83.9 Å². The van der Waals surface area contributed by atoms with Gasteiger partial charge in [0.1, 0.15) is 0 Å². The number of hydrogen-bond acceptors (Lipinski definition) is 3. The normalized spacial score (nSPS) is 11.7. The van der Waals surface area contributed by atoms with Gasteiger partial charge >= 0.3 is 0 Å². The van der Waals surface area contributed by atoms with Gasteiger partial charge in [-0.15, -0.1) is 0 Å². The molecule has 5 nitrogen and oxygen atoms in total. The molecule has 0 aliphatic heterocycles. The Kier molecular flexibility index (Phi) is 5.74. The molecule has 0 saturated carbocycles. The summed E-state index contributed by atoms with van der Waals surface area (Å²) in [5.41, 5.74) is 5.44. The van der Waals surface area contributed by atoms with Crippen molar-refractivity contribution in [3.8, 4) is 0 Å². The van der Waals surface area contributed by atoms with E-state index in [1.54, 1.807) is 0 Å². The van der Waals surface area contributed by atoms with Crippen molar-refractivity contribution >= 4 is 34.3 Å². The second-order valence-electron chi connectivity index (χ2n) is 9.34. The van der Waals surface area contributed by atoms with Gasteiger partial charge in [0.05, 0.1) is 11.0 Å². The fourth-order valence-corrected chi connectivity index (χ4v) is 3.93. The van der Waals surface area contributed by atoms with Crippen molar-refractivity contribution in [1.82, 2.24) is 9.55 Å². The van der Waals surface area contributed by atoms with E-state index in [0.717, 1.165) is 33.9 Å². The highest BCUT2D eigenvalue weighted by molar-refractivity contribution is 6.05. The van der Waals surface area contributed by atoms with Crippen molar-refractivity contribution in [3.63, 3.8) is 0 Å². The minimum atomic E-state index is -0.123. The molecule has 1 amide bonds. The minimum Gasteiger partial charge on any atom is -0.326 e. The van der Waals surface area contributed by atoms with Crippen molar-refractivity contribution in [2.75, 3.05) is 10.6 Å². The molecule has 4 rings (SSSR count). The van der Waals surface area contributed by atoms with Gasteiger partial charge in [0.25, 0.3) is 5.91 Å². The van der Waals surface area contributed by atoms with Gasteiger partial charge in [-0.25, -0.2) is 4.98 Å². The third-order valence-electron chi connectivity index (χ3n) is 5.50. The fourth-order valence-electron chi connectivity index (χ4n) is 3.93. The molecule has 3 aromatic carbocycles. The van der Waals surface area contributed by atoms with E-state index in [9.17, 15) is 4.79 Å². The molecule has 164 valence electrons. The zero-order valence-electron chi connectivity index (χ0n) is 19.3. The Bertz CT molecular complexity index is 1250. The maximum atomic E-state index is 12.9. The molecule has 0 aliphatic carbocycles. The standard InChI is InChI=1S/C27H30N4O/c1-18(2)31-24-13-9-8-12-23(24)30-26(31)28-20-16-14-19(15-17-20)25(32)29-22-11-7-6-10-21(22)27(3,4)5/h6-18H,1-5H3,(H,28,30)(H,29,32). The fraction of sp³-hybridized carbons (Fsp3) is 0.259. The predicted octanol–water partition coefficient (Wildman–Crippen LogP) is 6.91. The molecule has 5 heteroatoms. The molecule has 0 atom stereocenters. The number of amides is 1. The third-order valence-corrected chi connectivity index (χ3v) is 5.50. The van der Waals surface area contributed by atoms with Crippen LogP contribution in [0.25, 0.3) is 11.0 Å². The summed E-state index contributed by atoms with van der Waals surface area (Å²) in [7, 11) is 0. The zero-order valence-corrected chi connectivity index (χ0v) is 19.3. The van der Waals surface area contributed by atoms with E-state index in [4.69, 9.17) is 4.98 Å². The molecule has 0 fully saturated rings. The van der Waals surface area contributed by atoms with E-state index in [1.807, 2.05) is 60.7 Å². The number of benzene rings is 3. The van der Waals surface area contributed by atoms with Gasteiger partial charge in [0.15, 0.2) is 0 Å². The number of para-hydroxylation sites is 3. The number of imidazole rings is 1. The van der Waals surface area contributed by atoms with Gasteiger partial charge in [-0.2, -0.15) is 0 Å². The Hall–Kier alpha value is -3.60. The van der Waals surface area contributed by atoms with Gasteiger partial charge in [-0.1, -0.05) is 51.1 Å². The number of nitrogens with zero attached hydrogens (tertiary/aromatic N) is 2. The van der Waals surface area contributed by atoms with Crippen LogP contribution >= 0.6 is 0 Å².